The van der Waals surface area contributed by atoms with E-state index in [2.05, 4.69) is 4.98 Å². The highest BCUT2D eigenvalue weighted by molar-refractivity contribution is 6.00. The molecule has 0 atom stereocenters. The molecule has 6 heteroatoms. The van der Waals surface area contributed by atoms with Gasteiger partial charge in [-0.05, 0) is 49.9 Å². The number of H-pyrrole nitrogens is 1. The Hall–Kier alpha value is -2.76. The van der Waals surface area contributed by atoms with Gasteiger partial charge in [0.15, 0.2) is 0 Å². The third kappa shape index (κ3) is 4.25. The minimum absolute atomic E-state index is 0.129. The molecule has 1 heterocycles. The van der Waals surface area contributed by atoms with Crippen LogP contribution in [0.4, 0.5) is 0 Å². The number of hydrogen-bond acceptors (Lipinski definition) is 4. The second-order valence-corrected chi connectivity index (χ2v) is 6.29. The third-order valence-corrected chi connectivity index (χ3v) is 4.51. The number of aromatic nitrogens is 1. The molecule has 0 fully saturated rings. The molecule has 2 rings (SSSR count). The molecule has 1 aromatic carbocycles. The summed E-state index contributed by atoms with van der Waals surface area (Å²) in [4.78, 5) is 29.2. The summed E-state index contributed by atoms with van der Waals surface area (Å²) >= 11 is 0. The SMILES string of the molecule is COC(=O)c1c(C)[nH]c(C(=O)N(C)CCCc2ccc(OC)cc2)c1C. The number of hydrogen-bond donors (Lipinski definition) is 1. The van der Waals surface area contributed by atoms with Gasteiger partial charge in [0.05, 0.1) is 19.8 Å². The van der Waals surface area contributed by atoms with E-state index in [1.54, 1.807) is 32.9 Å². The molecule has 1 amide bonds. The monoisotopic (exact) mass is 358 g/mol. The fraction of sp³-hybridized carbons (Fsp3) is 0.400. The van der Waals surface area contributed by atoms with Gasteiger partial charge in [0.2, 0.25) is 0 Å². The zero-order chi connectivity index (χ0) is 19.3. The summed E-state index contributed by atoms with van der Waals surface area (Å²) in [5.74, 6) is 0.271. The minimum atomic E-state index is -0.433. The van der Waals surface area contributed by atoms with Crippen molar-refractivity contribution < 1.29 is 19.1 Å². The number of nitrogens with zero attached hydrogens (tertiary/aromatic N) is 1. The first-order valence-corrected chi connectivity index (χ1v) is 8.54. The van der Waals surface area contributed by atoms with Gasteiger partial charge in [0, 0.05) is 19.3 Å². The predicted octanol–water partition coefficient (Wildman–Crippen LogP) is 3.13. The molecular weight excluding hydrogens is 332 g/mol. The molecule has 0 aliphatic heterocycles. The average molecular weight is 358 g/mol. The van der Waals surface area contributed by atoms with E-state index in [4.69, 9.17) is 9.47 Å². The van der Waals surface area contributed by atoms with E-state index in [1.165, 1.54) is 12.7 Å². The van der Waals surface area contributed by atoms with Crippen LogP contribution in [0, 0.1) is 13.8 Å². The number of rotatable bonds is 7. The quantitative estimate of drug-likeness (QED) is 0.772. The van der Waals surface area contributed by atoms with Gasteiger partial charge < -0.3 is 19.4 Å². The molecule has 2 aromatic rings. The van der Waals surface area contributed by atoms with Crippen molar-refractivity contribution in [3.63, 3.8) is 0 Å². The minimum Gasteiger partial charge on any atom is -0.497 e. The molecule has 0 saturated carbocycles. The van der Waals surface area contributed by atoms with Gasteiger partial charge in [0.1, 0.15) is 11.4 Å². The summed E-state index contributed by atoms with van der Waals surface area (Å²) in [7, 11) is 4.75. The first-order chi connectivity index (χ1) is 12.4. The first kappa shape index (κ1) is 19.6. The summed E-state index contributed by atoms with van der Waals surface area (Å²) in [5, 5.41) is 0. The Morgan fingerprint density at radius 2 is 1.77 bits per heavy atom. The second-order valence-electron chi connectivity index (χ2n) is 6.29. The van der Waals surface area contributed by atoms with Gasteiger partial charge in [-0.15, -0.1) is 0 Å². The van der Waals surface area contributed by atoms with Crippen LogP contribution in [0.3, 0.4) is 0 Å². The Kier molecular flexibility index (Phi) is 6.44. The Morgan fingerprint density at radius 1 is 1.12 bits per heavy atom. The number of esters is 1. The molecule has 6 nitrogen and oxygen atoms in total. The molecule has 0 bridgehead atoms. The maximum atomic E-state index is 12.7. The van der Waals surface area contributed by atoms with Crippen LogP contribution in [-0.2, 0) is 11.2 Å². The highest BCUT2D eigenvalue weighted by atomic mass is 16.5. The molecule has 0 saturated heterocycles. The van der Waals surface area contributed by atoms with Crippen LogP contribution in [0.2, 0.25) is 0 Å². The van der Waals surface area contributed by atoms with E-state index in [1.807, 2.05) is 24.3 Å². The highest BCUT2D eigenvalue weighted by Crippen LogP contribution is 2.20. The van der Waals surface area contributed by atoms with Gasteiger partial charge in [0.25, 0.3) is 5.91 Å². The number of carbonyl (C=O) groups is 2. The molecule has 140 valence electrons. The van der Waals surface area contributed by atoms with Crippen LogP contribution in [0.1, 0.15) is 44.1 Å². The topological polar surface area (TPSA) is 71.6 Å². The number of aryl methyl sites for hydroxylation is 2. The van der Waals surface area contributed by atoms with Gasteiger partial charge in [-0.3, -0.25) is 4.79 Å². The van der Waals surface area contributed by atoms with Gasteiger partial charge in [-0.2, -0.15) is 0 Å². The summed E-state index contributed by atoms with van der Waals surface area (Å²) in [6.07, 6.45) is 1.72. The molecule has 0 radical (unpaired) electrons. The van der Waals surface area contributed by atoms with Crippen molar-refractivity contribution in [2.24, 2.45) is 0 Å². The van der Waals surface area contributed by atoms with Crippen molar-refractivity contribution in [3.05, 3.63) is 52.3 Å². The van der Waals surface area contributed by atoms with E-state index in [0.29, 0.717) is 29.1 Å². The van der Waals surface area contributed by atoms with Crippen LogP contribution < -0.4 is 4.74 Å². The number of benzene rings is 1. The van der Waals surface area contributed by atoms with Crippen molar-refractivity contribution in [2.45, 2.75) is 26.7 Å². The van der Waals surface area contributed by atoms with Gasteiger partial charge >= 0.3 is 5.97 Å². The van der Waals surface area contributed by atoms with E-state index >= 15 is 0 Å². The fourth-order valence-corrected chi connectivity index (χ4v) is 2.98. The van der Waals surface area contributed by atoms with Crippen molar-refractivity contribution in [1.82, 2.24) is 9.88 Å². The van der Waals surface area contributed by atoms with E-state index in [0.717, 1.165) is 18.6 Å². The maximum Gasteiger partial charge on any atom is 0.339 e. The lowest BCUT2D eigenvalue weighted by Gasteiger charge is -2.17. The van der Waals surface area contributed by atoms with Crippen molar-refractivity contribution in [3.8, 4) is 5.75 Å². The number of nitrogens with one attached hydrogen (secondary N) is 1. The molecule has 0 spiro atoms. The molecular formula is C20H26N2O4. The van der Waals surface area contributed by atoms with Gasteiger partial charge in [-0.1, -0.05) is 12.1 Å². The Bertz CT molecular complexity index is 778. The van der Waals surface area contributed by atoms with E-state index in [-0.39, 0.29) is 5.91 Å². The molecule has 1 aromatic heterocycles. The predicted molar refractivity (Wildman–Crippen MR) is 99.9 cm³/mol. The standard InChI is InChI=1S/C20H26N2O4/c1-13-17(20(24)26-5)14(2)21-18(13)19(23)22(3)12-6-7-15-8-10-16(25-4)11-9-15/h8-11,21H,6-7,12H2,1-5H3. The van der Waals surface area contributed by atoms with Crippen molar-refractivity contribution in [1.29, 1.82) is 0 Å². The summed E-state index contributed by atoms with van der Waals surface area (Å²) < 4.78 is 9.94. The lowest BCUT2D eigenvalue weighted by atomic mass is 10.1. The number of carbonyl (C=O) groups excluding carboxylic acids is 2. The molecule has 0 aliphatic carbocycles. The highest BCUT2D eigenvalue weighted by Gasteiger charge is 2.24. The van der Waals surface area contributed by atoms with Crippen LogP contribution in [0.15, 0.2) is 24.3 Å². The fourth-order valence-electron chi connectivity index (χ4n) is 2.98. The molecule has 0 aliphatic rings. The van der Waals surface area contributed by atoms with Crippen molar-refractivity contribution in [2.75, 3.05) is 27.8 Å². The van der Waals surface area contributed by atoms with Crippen LogP contribution in [0.5, 0.6) is 5.75 Å². The Labute approximate surface area is 154 Å². The zero-order valence-corrected chi connectivity index (χ0v) is 16.0. The molecule has 26 heavy (non-hydrogen) atoms. The van der Waals surface area contributed by atoms with Crippen LogP contribution in [0.25, 0.3) is 0 Å². The summed E-state index contributed by atoms with van der Waals surface area (Å²) in [5.41, 5.74) is 3.34. The molecule has 0 unspecified atom stereocenters. The van der Waals surface area contributed by atoms with E-state index < -0.39 is 5.97 Å². The largest absolute Gasteiger partial charge is 0.497 e. The number of aromatic amines is 1. The third-order valence-electron chi connectivity index (χ3n) is 4.51. The lowest BCUT2D eigenvalue weighted by molar-refractivity contribution is 0.0599. The lowest BCUT2D eigenvalue weighted by Crippen LogP contribution is -2.29. The average Bonchev–Trinajstić information content (AvgIpc) is 2.95. The number of methoxy groups -OCH3 is 2. The number of amides is 1. The smallest absolute Gasteiger partial charge is 0.339 e. The summed E-state index contributed by atoms with van der Waals surface area (Å²) in [6.45, 7) is 4.14. The Morgan fingerprint density at radius 3 is 2.35 bits per heavy atom. The zero-order valence-electron chi connectivity index (χ0n) is 16.0. The first-order valence-electron chi connectivity index (χ1n) is 8.54. The second kappa shape index (κ2) is 8.56. The van der Waals surface area contributed by atoms with Crippen molar-refractivity contribution >= 4 is 11.9 Å². The summed E-state index contributed by atoms with van der Waals surface area (Å²) in [6, 6.07) is 7.93. The molecule has 1 N–H and O–H groups in total. The maximum absolute atomic E-state index is 12.7. The normalized spacial score (nSPS) is 10.5. The Balaban J connectivity index is 1.98. The van der Waals surface area contributed by atoms with Crippen LogP contribution >= 0.6 is 0 Å². The van der Waals surface area contributed by atoms with E-state index in [9.17, 15) is 9.59 Å². The van der Waals surface area contributed by atoms with Gasteiger partial charge in [-0.25, -0.2) is 4.79 Å². The van der Waals surface area contributed by atoms with Crippen LogP contribution in [-0.4, -0.2) is 49.6 Å². The number of ether oxygens (including phenoxy) is 2.